The molecule has 0 aliphatic carbocycles. The highest BCUT2D eigenvalue weighted by Crippen LogP contribution is 2.32. The van der Waals surface area contributed by atoms with Crippen molar-refractivity contribution in [3.63, 3.8) is 0 Å². The number of carbonyl (C=O) groups excluding carboxylic acids is 1. The van der Waals surface area contributed by atoms with Crippen LogP contribution in [-0.4, -0.2) is 38.8 Å². The van der Waals surface area contributed by atoms with Crippen molar-refractivity contribution >= 4 is 28.9 Å². The summed E-state index contributed by atoms with van der Waals surface area (Å²) in [5.41, 5.74) is 5.52. The summed E-state index contributed by atoms with van der Waals surface area (Å²) in [4.78, 5) is 19.7. The van der Waals surface area contributed by atoms with Gasteiger partial charge in [0.1, 0.15) is 0 Å². The molecule has 1 saturated heterocycles. The number of aryl methyl sites for hydroxylation is 2. The van der Waals surface area contributed by atoms with Crippen LogP contribution in [-0.2, 0) is 11.3 Å². The first-order valence-electron chi connectivity index (χ1n) is 9.88. The molecule has 2 aliphatic heterocycles. The number of carbonyl (C=O) groups is 1. The molecule has 2 aromatic rings. The van der Waals surface area contributed by atoms with E-state index in [-0.39, 0.29) is 5.91 Å². The first-order valence-corrected chi connectivity index (χ1v) is 10.7. The van der Waals surface area contributed by atoms with Gasteiger partial charge in [-0.3, -0.25) is 9.48 Å². The van der Waals surface area contributed by atoms with Crippen LogP contribution in [0, 0.1) is 20.8 Å². The summed E-state index contributed by atoms with van der Waals surface area (Å²) >= 11 is 1.50. The topological polar surface area (TPSA) is 50.5 Å². The lowest BCUT2D eigenvalue weighted by atomic mass is 10.1. The van der Waals surface area contributed by atoms with E-state index < -0.39 is 0 Å². The van der Waals surface area contributed by atoms with Crippen molar-refractivity contribution in [2.75, 3.05) is 13.1 Å². The number of hydrogen-bond donors (Lipinski definition) is 0. The minimum absolute atomic E-state index is 0.129. The summed E-state index contributed by atoms with van der Waals surface area (Å²) in [6.45, 7) is 8.89. The van der Waals surface area contributed by atoms with Crippen LogP contribution < -0.4 is 0 Å². The SMILES string of the molecule is Cc1ccc(Cn2nc(C)c(/C=C3\SC(N4CCCCC4)=NC3=O)c2C)cc1. The summed E-state index contributed by atoms with van der Waals surface area (Å²) in [5, 5.41) is 5.57. The van der Waals surface area contributed by atoms with Crippen LogP contribution in [0.5, 0.6) is 0 Å². The summed E-state index contributed by atoms with van der Waals surface area (Å²) in [5.74, 6) is -0.129. The fourth-order valence-electron chi connectivity index (χ4n) is 3.69. The maximum absolute atomic E-state index is 12.5. The maximum atomic E-state index is 12.5. The molecule has 1 aromatic carbocycles. The number of aliphatic imine (C=N–C) groups is 1. The van der Waals surface area contributed by atoms with Gasteiger partial charge < -0.3 is 4.90 Å². The van der Waals surface area contributed by atoms with Crippen molar-refractivity contribution in [1.29, 1.82) is 0 Å². The third-order valence-corrected chi connectivity index (χ3v) is 6.45. The third kappa shape index (κ3) is 3.92. The molecule has 1 aromatic heterocycles. The van der Waals surface area contributed by atoms with Crippen LogP contribution in [0.15, 0.2) is 34.2 Å². The Balaban J connectivity index is 1.54. The molecule has 6 heteroatoms. The number of nitrogens with zero attached hydrogens (tertiary/aromatic N) is 4. The second-order valence-electron chi connectivity index (χ2n) is 7.59. The van der Waals surface area contributed by atoms with Gasteiger partial charge >= 0.3 is 0 Å². The summed E-state index contributed by atoms with van der Waals surface area (Å²) < 4.78 is 2.02. The van der Waals surface area contributed by atoms with Crippen LogP contribution >= 0.6 is 11.8 Å². The standard InChI is InChI=1S/C22H26N4OS/c1-15-7-9-18(10-8-15)14-26-17(3)19(16(2)24-26)13-20-21(27)23-22(28-20)25-11-5-4-6-12-25/h7-10,13H,4-6,11-12,14H2,1-3H3/b20-13-. The van der Waals surface area contributed by atoms with E-state index in [1.807, 2.05) is 17.7 Å². The third-order valence-electron chi connectivity index (χ3n) is 5.40. The van der Waals surface area contributed by atoms with Gasteiger partial charge in [-0.15, -0.1) is 0 Å². The number of amides is 1. The average Bonchev–Trinajstić information content (AvgIpc) is 3.19. The zero-order chi connectivity index (χ0) is 19.7. The predicted molar refractivity (Wildman–Crippen MR) is 115 cm³/mol. The van der Waals surface area contributed by atoms with Crippen LogP contribution in [0.3, 0.4) is 0 Å². The molecule has 2 aliphatic rings. The van der Waals surface area contributed by atoms with E-state index in [2.05, 4.69) is 48.0 Å². The van der Waals surface area contributed by atoms with Crippen molar-refractivity contribution in [3.8, 4) is 0 Å². The normalized spacial score (nSPS) is 18.8. The fraction of sp³-hybridized carbons (Fsp3) is 0.409. The molecule has 0 saturated carbocycles. The Bertz CT molecular complexity index is 950. The number of piperidine rings is 1. The van der Waals surface area contributed by atoms with E-state index >= 15 is 0 Å². The molecule has 146 valence electrons. The second kappa shape index (κ2) is 7.95. The Labute approximate surface area is 170 Å². The Hall–Kier alpha value is -2.34. The highest BCUT2D eigenvalue weighted by atomic mass is 32.2. The Morgan fingerprint density at radius 3 is 2.50 bits per heavy atom. The first-order chi connectivity index (χ1) is 13.5. The van der Waals surface area contributed by atoms with Crippen LogP contribution in [0.25, 0.3) is 6.08 Å². The van der Waals surface area contributed by atoms with E-state index in [9.17, 15) is 4.79 Å². The molecule has 4 rings (SSSR count). The molecule has 5 nitrogen and oxygen atoms in total. The van der Waals surface area contributed by atoms with Gasteiger partial charge in [-0.2, -0.15) is 10.1 Å². The lowest BCUT2D eigenvalue weighted by Gasteiger charge is -2.27. The van der Waals surface area contributed by atoms with Gasteiger partial charge in [0.25, 0.3) is 5.91 Å². The number of amidine groups is 1. The van der Waals surface area contributed by atoms with E-state index in [0.29, 0.717) is 4.91 Å². The molecule has 3 heterocycles. The largest absolute Gasteiger partial charge is 0.351 e. The lowest BCUT2D eigenvalue weighted by molar-refractivity contribution is -0.113. The zero-order valence-electron chi connectivity index (χ0n) is 16.7. The molecular weight excluding hydrogens is 368 g/mol. The van der Waals surface area contributed by atoms with Crippen LogP contribution in [0.4, 0.5) is 0 Å². The summed E-state index contributed by atoms with van der Waals surface area (Å²) in [6, 6.07) is 8.52. The molecule has 28 heavy (non-hydrogen) atoms. The number of benzene rings is 1. The van der Waals surface area contributed by atoms with Crippen molar-refractivity contribution in [2.45, 2.75) is 46.6 Å². The lowest BCUT2D eigenvalue weighted by Crippen LogP contribution is -2.33. The molecular formula is C22H26N4OS. The molecule has 0 unspecified atom stereocenters. The average molecular weight is 395 g/mol. The molecule has 0 atom stereocenters. The fourth-order valence-corrected chi connectivity index (χ4v) is 4.64. The van der Waals surface area contributed by atoms with E-state index in [0.717, 1.165) is 41.8 Å². The zero-order valence-corrected chi connectivity index (χ0v) is 17.6. The quantitative estimate of drug-likeness (QED) is 0.728. The molecule has 1 fully saturated rings. The number of aromatic nitrogens is 2. The molecule has 1 amide bonds. The Kier molecular flexibility index (Phi) is 5.40. The van der Waals surface area contributed by atoms with Crippen molar-refractivity contribution in [3.05, 3.63) is 57.2 Å². The van der Waals surface area contributed by atoms with E-state index in [1.54, 1.807) is 0 Å². The summed E-state index contributed by atoms with van der Waals surface area (Å²) in [7, 11) is 0. The highest BCUT2D eigenvalue weighted by Gasteiger charge is 2.27. The number of thioether (sulfide) groups is 1. The molecule has 0 spiro atoms. The smallest absolute Gasteiger partial charge is 0.286 e. The maximum Gasteiger partial charge on any atom is 0.286 e. The minimum Gasteiger partial charge on any atom is -0.351 e. The van der Waals surface area contributed by atoms with Gasteiger partial charge in [0.15, 0.2) is 5.17 Å². The van der Waals surface area contributed by atoms with Crippen LogP contribution in [0.1, 0.15) is 47.3 Å². The van der Waals surface area contributed by atoms with Crippen molar-refractivity contribution in [1.82, 2.24) is 14.7 Å². The van der Waals surface area contributed by atoms with Gasteiger partial charge in [-0.1, -0.05) is 29.8 Å². The van der Waals surface area contributed by atoms with Gasteiger partial charge in [-0.25, -0.2) is 0 Å². The molecule has 0 N–H and O–H groups in total. The predicted octanol–water partition coefficient (Wildman–Crippen LogP) is 4.31. The highest BCUT2D eigenvalue weighted by molar-refractivity contribution is 8.18. The van der Waals surface area contributed by atoms with Crippen molar-refractivity contribution in [2.24, 2.45) is 4.99 Å². The molecule has 0 radical (unpaired) electrons. The second-order valence-corrected chi connectivity index (χ2v) is 8.59. The van der Waals surface area contributed by atoms with E-state index in [4.69, 9.17) is 5.10 Å². The van der Waals surface area contributed by atoms with Crippen LogP contribution in [0.2, 0.25) is 0 Å². The van der Waals surface area contributed by atoms with Gasteiger partial charge in [0.05, 0.1) is 17.1 Å². The van der Waals surface area contributed by atoms with E-state index in [1.165, 1.54) is 42.2 Å². The van der Waals surface area contributed by atoms with Gasteiger partial charge in [-0.05, 0) is 63.4 Å². The Morgan fingerprint density at radius 2 is 1.79 bits per heavy atom. The summed E-state index contributed by atoms with van der Waals surface area (Å²) in [6.07, 6.45) is 5.59. The monoisotopic (exact) mass is 394 g/mol. The number of likely N-dealkylation sites (tertiary alicyclic amines) is 1. The Morgan fingerprint density at radius 1 is 1.07 bits per heavy atom. The number of rotatable bonds is 3. The molecule has 0 bridgehead atoms. The van der Waals surface area contributed by atoms with Gasteiger partial charge in [0.2, 0.25) is 0 Å². The number of hydrogen-bond acceptors (Lipinski definition) is 4. The first kappa shape index (κ1) is 19.0. The van der Waals surface area contributed by atoms with Gasteiger partial charge in [0, 0.05) is 24.3 Å². The van der Waals surface area contributed by atoms with Crippen molar-refractivity contribution < 1.29 is 4.79 Å². The minimum atomic E-state index is -0.129.